The van der Waals surface area contributed by atoms with Crippen LogP contribution in [0.4, 0.5) is 4.39 Å². The van der Waals surface area contributed by atoms with E-state index in [1.54, 1.807) is 4.90 Å². The van der Waals surface area contributed by atoms with Crippen LogP contribution in [0.2, 0.25) is 0 Å². The smallest absolute Gasteiger partial charge is 0.258 e. The summed E-state index contributed by atoms with van der Waals surface area (Å²) in [4.78, 5) is 22.6. The fourth-order valence-electron chi connectivity index (χ4n) is 2.93. The number of nitrogens with zero attached hydrogens (tertiary/aromatic N) is 3. The molecule has 2 heterocycles. The van der Waals surface area contributed by atoms with Crippen LogP contribution in [0.3, 0.4) is 0 Å². The summed E-state index contributed by atoms with van der Waals surface area (Å²) in [6.07, 6.45) is 5.11. The van der Waals surface area contributed by atoms with Crippen molar-refractivity contribution in [3.05, 3.63) is 48.3 Å². The summed E-state index contributed by atoms with van der Waals surface area (Å²) in [5.74, 6) is -0.127. The molecule has 2 aromatic rings. The van der Waals surface area contributed by atoms with E-state index >= 15 is 0 Å². The van der Waals surface area contributed by atoms with Crippen LogP contribution < -0.4 is 4.74 Å². The first-order valence-corrected chi connectivity index (χ1v) is 8.19. The Morgan fingerprint density at radius 3 is 2.76 bits per heavy atom. The van der Waals surface area contributed by atoms with Gasteiger partial charge in [-0.3, -0.25) is 4.79 Å². The molecule has 6 nitrogen and oxygen atoms in total. The van der Waals surface area contributed by atoms with Crippen LogP contribution in [-0.2, 0) is 4.74 Å². The molecule has 0 saturated carbocycles. The van der Waals surface area contributed by atoms with Crippen molar-refractivity contribution in [2.24, 2.45) is 0 Å². The zero-order valence-electron chi connectivity index (χ0n) is 14.2. The second-order valence-electron chi connectivity index (χ2n) is 6.14. The highest BCUT2D eigenvalue weighted by atomic mass is 19.1. The number of benzene rings is 1. The van der Waals surface area contributed by atoms with Crippen LogP contribution in [0, 0.1) is 5.82 Å². The molecule has 1 aliphatic rings. The molecule has 1 aliphatic heterocycles. The van der Waals surface area contributed by atoms with E-state index in [-0.39, 0.29) is 29.3 Å². The number of rotatable bonds is 5. The number of amides is 1. The first kappa shape index (κ1) is 17.3. The maximum atomic E-state index is 13.8. The Hall–Kier alpha value is -2.54. The van der Waals surface area contributed by atoms with E-state index in [4.69, 9.17) is 9.47 Å². The molecule has 3 rings (SSSR count). The molecule has 1 fully saturated rings. The van der Waals surface area contributed by atoms with Crippen molar-refractivity contribution >= 4 is 5.91 Å². The van der Waals surface area contributed by atoms with Crippen molar-refractivity contribution in [2.45, 2.75) is 32.4 Å². The number of hydrogen-bond donors (Lipinski definition) is 0. The first-order valence-electron chi connectivity index (χ1n) is 8.19. The molecule has 1 atom stereocenters. The van der Waals surface area contributed by atoms with Gasteiger partial charge in [-0.15, -0.1) is 0 Å². The molecule has 1 aromatic carbocycles. The third-order valence-corrected chi connectivity index (χ3v) is 4.03. The molecule has 0 radical (unpaired) electrons. The van der Waals surface area contributed by atoms with Crippen molar-refractivity contribution in [3.8, 4) is 11.5 Å². The van der Waals surface area contributed by atoms with Gasteiger partial charge in [-0.1, -0.05) is 0 Å². The van der Waals surface area contributed by atoms with E-state index in [9.17, 15) is 9.18 Å². The van der Waals surface area contributed by atoms with Crippen LogP contribution in [0.15, 0.2) is 36.9 Å². The van der Waals surface area contributed by atoms with Crippen LogP contribution >= 0.6 is 0 Å². The minimum atomic E-state index is -0.494. The van der Waals surface area contributed by atoms with Crippen molar-refractivity contribution in [3.63, 3.8) is 0 Å². The summed E-state index contributed by atoms with van der Waals surface area (Å²) in [5, 5.41) is 0. The minimum Gasteiger partial charge on any atom is -0.453 e. The van der Waals surface area contributed by atoms with Crippen molar-refractivity contribution in [1.29, 1.82) is 0 Å². The van der Waals surface area contributed by atoms with Gasteiger partial charge in [0.2, 0.25) is 0 Å². The third kappa shape index (κ3) is 3.93. The molecule has 1 aromatic heterocycles. The first-order chi connectivity index (χ1) is 12.1. The molecule has 0 N–H and O–H groups in total. The van der Waals surface area contributed by atoms with E-state index in [0.717, 1.165) is 6.42 Å². The van der Waals surface area contributed by atoms with Gasteiger partial charge < -0.3 is 14.4 Å². The number of carbonyl (C=O) groups is 1. The van der Waals surface area contributed by atoms with Gasteiger partial charge in [0.05, 0.1) is 30.6 Å². The molecule has 0 spiro atoms. The lowest BCUT2D eigenvalue weighted by molar-refractivity contribution is 0.0578. The Morgan fingerprint density at radius 2 is 2.12 bits per heavy atom. The Bertz CT molecular complexity index is 734. The molecule has 1 amide bonds. The molecule has 0 unspecified atom stereocenters. The zero-order valence-corrected chi connectivity index (χ0v) is 14.2. The van der Waals surface area contributed by atoms with Gasteiger partial charge in [0, 0.05) is 12.6 Å². The van der Waals surface area contributed by atoms with Gasteiger partial charge in [-0.05, 0) is 38.5 Å². The summed E-state index contributed by atoms with van der Waals surface area (Å²) < 4.78 is 24.9. The Labute approximate surface area is 145 Å². The maximum Gasteiger partial charge on any atom is 0.258 e. The SMILES string of the molecule is CC(C)N(C(=O)c1cc(F)ccc1Oc1cncnc1)[C@@H]1CCOC1. The van der Waals surface area contributed by atoms with E-state index in [1.165, 1.54) is 36.9 Å². The molecule has 7 heteroatoms. The number of hydrogen-bond acceptors (Lipinski definition) is 5. The fourth-order valence-corrected chi connectivity index (χ4v) is 2.93. The van der Waals surface area contributed by atoms with E-state index in [1.807, 2.05) is 13.8 Å². The van der Waals surface area contributed by atoms with Crippen molar-refractivity contribution in [2.75, 3.05) is 13.2 Å². The lowest BCUT2D eigenvalue weighted by Crippen LogP contribution is -2.45. The summed E-state index contributed by atoms with van der Waals surface area (Å²) in [6.45, 7) is 4.97. The zero-order chi connectivity index (χ0) is 17.8. The number of carbonyl (C=O) groups excluding carboxylic acids is 1. The fraction of sp³-hybridized carbons (Fsp3) is 0.389. The number of halogens is 1. The molecule has 132 valence electrons. The largest absolute Gasteiger partial charge is 0.453 e. The van der Waals surface area contributed by atoms with Crippen LogP contribution in [0.25, 0.3) is 0 Å². The second-order valence-corrected chi connectivity index (χ2v) is 6.14. The number of aromatic nitrogens is 2. The van der Waals surface area contributed by atoms with E-state index in [2.05, 4.69) is 9.97 Å². The highest BCUT2D eigenvalue weighted by molar-refractivity contribution is 5.97. The molecule has 0 bridgehead atoms. The predicted molar refractivity (Wildman–Crippen MR) is 89.0 cm³/mol. The third-order valence-electron chi connectivity index (χ3n) is 4.03. The lowest BCUT2D eigenvalue weighted by Gasteiger charge is -2.32. The Kier molecular flexibility index (Phi) is 5.23. The minimum absolute atomic E-state index is 0.0244. The highest BCUT2D eigenvalue weighted by Crippen LogP contribution is 2.28. The van der Waals surface area contributed by atoms with E-state index in [0.29, 0.717) is 19.0 Å². The highest BCUT2D eigenvalue weighted by Gasteiger charge is 2.31. The molecule has 0 aliphatic carbocycles. The topological polar surface area (TPSA) is 64.6 Å². The van der Waals surface area contributed by atoms with Gasteiger partial charge in [-0.2, -0.15) is 0 Å². The summed E-state index contributed by atoms with van der Waals surface area (Å²) >= 11 is 0. The van der Waals surface area contributed by atoms with Crippen LogP contribution in [0.1, 0.15) is 30.6 Å². The van der Waals surface area contributed by atoms with E-state index < -0.39 is 5.82 Å². The van der Waals surface area contributed by atoms with Crippen LogP contribution in [-0.4, -0.2) is 46.1 Å². The van der Waals surface area contributed by atoms with Gasteiger partial charge in [0.25, 0.3) is 5.91 Å². The van der Waals surface area contributed by atoms with Crippen LogP contribution in [0.5, 0.6) is 11.5 Å². The average molecular weight is 345 g/mol. The summed E-state index contributed by atoms with van der Waals surface area (Å²) in [6, 6.07) is 3.83. The van der Waals surface area contributed by atoms with Gasteiger partial charge >= 0.3 is 0 Å². The van der Waals surface area contributed by atoms with Gasteiger partial charge in [0.15, 0.2) is 5.75 Å². The second kappa shape index (κ2) is 7.57. The predicted octanol–water partition coefficient (Wildman–Crippen LogP) is 3.05. The maximum absolute atomic E-state index is 13.8. The lowest BCUT2D eigenvalue weighted by atomic mass is 10.1. The number of ether oxygens (including phenoxy) is 2. The standard InChI is InChI=1S/C18H20FN3O3/c1-12(2)22(14-5-6-24-10-14)18(23)16-7-13(19)3-4-17(16)25-15-8-20-11-21-9-15/h3-4,7-9,11-12,14H,5-6,10H2,1-2H3/t14-/m1/s1. The van der Waals surface area contributed by atoms with Crippen molar-refractivity contribution < 1.29 is 18.7 Å². The molecular formula is C18H20FN3O3. The summed E-state index contributed by atoms with van der Waals surface area (Å²) in [5.41, 5.74) is 0.171. The summed E-state index contributed by atoms with van der Waals surface area (Å²) in [7, 11) is 0. The van der Waals surface area contributed by atoms with Gasteiger partial charge in [-0.25, -0.2) is 14.4 Å². The Balaban J connectivity index is 1.93. The molecule has 1 saturated heterocycles. The molecular weight excluding hydrogens is 325 g/mol. The normalized spacial score (nSPS) is 16.9. The monoisotopic (exact) mass is 345 g/mol. The molecule has 25 heavy (non-hydrogen) atoms. The van der Waals surface area contributed by atoms with Gasteiger partial charge in [0.1, 0.15) is 17.9 Å². The quantitative estimate of drug-likeness (QED) is 0.833. The van der Waals surface area contributed by atoms with Crippen molar-refractivity contribution in [1.82, 2.24) is 14.9 Å². The Morgan fingerprint density at radius 1 is 1.36 bits per heavy atom. The average Bonchev–Trinajstić information content (AvgIpc) is 3.11.